The number of nitrogens with one attached hydrogen (secondary N) is 2. The molecule has 0 saturated heterocycles. The third-order valence-electron chi connectivity index (χ3n) is 2.81. The molecule has 1 aliphatic carbocycles. The fourth-order valence-electron chi connectivity index (χ4n) is 1.92. The summed E-state index contributed by atoms with van der Waals surface area (Å²) in [6, 6.07) is 1.40. The van der Waals surface area contributed by atoms with Crippen LogP contribution in [0.15, 0.2) is 10.9 Å². The third-order valence-corrected chi connectivity index (χ3v) is 2.81. The Bertz CT molecular complexity index is 517. The summed E-state index contributed by atoms with van der Waals surface area (Å²) in [5, 5.41) is 3.08. The summed E-state index contributed by atoms with van der Waals surface area (Å²) < 4.78 is 0. The lowest BCUT2D eigenvalue weighted by Crippen LogP contribution is -2.36. The maximum absolute atomic E-state index is 11.5. The van der Waals surface area contributed by atoms with Gasteiger partial charge in [-0.15, -0.1) is 0 Å². The number of rotatable bonds is 5. The van der Waals surface area contributed by atoms with Crippen LogP contribution in [0.4, 0.5) is 5.82 Å². The molecule has 0 bridgehead atoms. The summed E-state index contributed by atoms with van der Waals surface area (Å²) in [7, 11) is 0. The predicted molar refractivity (Wildman–Crippen MR) is 68.3 cm³/mol. The van der Waals surface area contributed by atoms with Gasteiger partial charge in [-0.2, -0.15) is 0 Å². The van der Waals surface area contributed by atoms with Crippen molar-refractivity contribution in [3.63, 3.8) is 0 Å². The number of aromatic nitrogens is 2. The molecule has 0 aliphatic heterocycles. The van der Waals surface area contributed by atoms with E-state index in [0.29, 0.717) is 11.7 Å². The quantitative estimate of drug-likeness (QED) is 0.716. The van der Waals surface area contributed by atoms with E-state index in [1.54, 1.807) is 0 Å². The summed E-state index contributed by atoms with van der Waals surface area (Å²) in [6.07, 6.45) is 2.31. The first-order chi connectivity index (χ1) is 8.35. The van der Waals surface area contributed by atoms with E-state index < -0.39 is 5.54 Å². The Labute approximate surface area is 105 Å². The number of amides is 1. The van der Waals surface area contributed by atoms with Gasteiger partial charge < -0.3 is 16.0 Å². The maximum Gasteiger partial charge on any atom is 0.252 e. The van der Waals surface area contributed by atoms with Gasteiger partial charge >= 0.3 is 0 Å². The van der Waals surface area contributed by atoms with Crippen molar-refractivity contribution in [3.8, 4) is 0 Å². The number of nitrogens with two attached hydrogens (primary N) is 1. The van der Waals surface area contributed by atoms with Gasteiger partial charge in [-0.05, 0) is 26.7 Å². The summed E-state index contributed by atoms with van der Waals surface area (Å²) in [5.41, 5.74) is 4.49. The van der Waals surface area contributed by atoms with Crippen LogP contribution in [0, 0.1) is 0 Å². The average molecular weight is 250 g/mol. The van der Waals surface area contributed by atoms with Crippen LogP contribution in [0.25, 0.3) is 0 Å². The second-order valence-corrected chi connectivity index (χ2v) is 5.44. The van der Waals surface area contributed by atoms with Gasteiger partial charge in [-0.3, -0.25) is 9.59 Å². The van der Waals surface area contributed by atoms with Crippen molar-refractivity contribution in [3.05, 3.63) is 22.2 Å². The van der Waals surface area contributed by atoms with Gasteiger partial charge in [0.1, 0.15) is 11.6 Å². The molecular weight excluding hydrogens is 232 g/mol. The Kier molecular flexibility index (Phi) is 3.11. The SMILES string of the molecule is CC(C)(CC(N)=O)Nc1cc(=O)[nH]c(C2CC2)n1. The Morgan fingerprint density at radius 1 is 1.61 bits per heavy atom. The van der Waals surface area contributed by atoms with E-state index in [1.165, 1.54) is 6.07 Å². The van der Waals surface area contributed by atoms with E-state index in [4.69, 9.17) is 5.73 Å². The molecule has 1 saturated carbocycles. The van der Waals surface area contributed by atoms with Crippen LogP contribution < -0.4 is 16.6 Å². The van der Waals surface area contributed by atoms with Gasteiger partial charge in [0, 0.05) is 23.9 Å². The molecule has 18 heavy (non-hydrogen) atoms. The normalized spacial score (nSPS) is 15.4. The van der Waals surface area contributed by atoms with Crippen LogP contribution in [0.5, 0.6) is 0 Å². The summed E-state index contributed by atoms with van der Waals surface area (Å²) >= 11 is 0. The van der Waals surface area contributed by atoms with Crippen molar-refractivity contribution in [1.82, 2.24) is 9.97 Å². The van der Waals surface area contributed by atoms with Gasteiger partial charge in [0.05, 0.1) is 0 Å². The minimum atomic E-state index is -0.520. The van der Waals surface area contributed by atoms with Crippen molar-refractivity contribution in [2.24, 2.45) is 5.73 Å². The van der Waals surface area contributed by atoms with Crippen LogP contribution in [0.1, 0.15) is 44.9 Å². The van der Waals surface area contributed by atoms with E-state index in [-0.39, 0.29) is 17.9 Å². The molecule has 1 aliphatic rings. The van der Waals surface area contributed by atoms with Crippen LogP contribution in [-0.2, 0) is 4.79 Å². The number of primary amides is 1. The number of nitrogens with zero attached hydrogens (tertiary/aromatic N) is 1. The molecule has 0 atom stereocenters. The van der Waals surface area contributed by atoms with E-state index in [1.807, 2.05) is 13.8 Å². The van der Waals surface area contributed by atoms with Crippen molar-refractivity contribution >= 4 is 11.7 Å². The molecule has 1 heterocycles. The molecule has 1 fully saturated rings. The molecule has 0 spiro atoms. The standard InChI is InChI=1S/C12H18N4O2/c1-12(2,6-8(13)17)16-9-5-10(18)15-11(14-9)7-3-4-7/h5,7H,3-4,6H2,1-2H3,(H2,13,17)(H2,14,15,16,18). The molecule has 4 N–H and O–H groups in total. The lowest BCUT2D eigenvalue weighted by Gasteiger charge is -2.25. The number of hydrogen-bond acceptors (Lipinski definition) is 4. The fraction of sp³-hybridized carbons (Fsp3) is 0.583. The van der Waals surface area contributed by atoms with Crippen LogP contribution in [0.2, 0.25) is 0 Å². The summed E-state index contributed by atoms with van der Waals surface area (Å²) in [6.45, 7) is 3.69. The van der Waals surface area contributed by atoms with Crippen molar-refractivity contribution in [2.45, 2.75) is 44.6 Å². The number of hydrogen-bond donors (Lipinski definition) is 3. The van der Waals surface area contributed by atoms with E-state index in [9.17, 15) is 9.59 Å². The van der Waals surface area contributed by atoms with E-state index in [2.05, 4.69) is 15.3 Å². The molecule has 1 aromatic rings. The zero-order chi connectivity index (χ0) is 13.3. The predicted octanol–water partition coefficient (Wildman–Crippen LogP) is 0.713. The average Bonchev–Trinajstić information content (AvgIpc) is 2.95. The van der Waals surface area contributed by atoms with Crippen LogP contribution in [0.3, 0.4) is 0 Å². The fourth-order valence-corrected chi connectivity index (χ4v) is 1.92. The summed E-state index contributed by atoms with van der Waals surface area (Å²) in [5.74, 6) is 1.20. The number of anilines is 1. The molecule has 0 radical (unpaired) electrons. The summed E-state index contributed by atoms with van der Waals surface area (Å²) in [4.78, 5) is 29.6. The Hall–Kier alpha value is -1.85. The van der Waals surface area contributed by atoms with E-state index in [0.717, 1.165) is 18.7 Å². The van der Waals surface area contributed by atoms with Crippen molar-refractivity contribution in [2.75, 3.05) is 5.32 Å². The minimum absolute atomic E-state index is 0.177. The lowest BCUT2D eigenvalue weighted by atomic mass is 10.0. The molecule has 2 rings (SSSR count). The second kappa shape index (κ2) is 4.44. The van der Waals surface area contributed by atoms with E-state index >= 15 is 0 Å². The van der Waals surface area contributed by atoms with Crippen molar-refractivity contribution < 1.29 is 4.79 Å². The molecule has 98 valence electrons. The van der Waals surface area contributed by atoms with Gasteiger partial charge in [-0.1, -0.05) is 0 Å². The highest BCUT2D eigenvalue weighted by Gasteiger charge is 2.27. The number of H-pyrrole nitrogens is 1. The minimum Gasteiger partial charge on any atom is -0.370 e. The van der Waals surface area contributed by atoms with Crippen LogP contribution >= 0.6 is 0 Å². The maximum atomic E-state index is 11.5. The molecule has 0 unspecified atom stereocenters. The highest BCUT2D eigenvalue weighted by molar-refractivity contribution is 5.75. The van der Waals surface area contributed by atoms with Crippen LogP contribution in [-0.4, -0.2) is 21.4 Å². The number of aromatic amines is 1. The van der Waals surface area contributed by atoms with Crippen molar-refractivity contribution in [1.29, 1.82) is 0 Å². The van der Waals surface area contributed by atoms with Gasteiger partial charge in [0.15, 0.2) is 0 Å². The molecule has 0 aromatic carbocycles. The highest BCUT2D eigenvalue weighted by atomic mass is 16.1. The van der Waals surface area contributed by atoms with Gasteiger partial charge in [-0.25, -0.2) is 4.98 Å². The monoisotopic (exact) mass is 250 g/mol. The topological polar surface area (TPSA) is 101 Å². The Balaban J connectivity index is 2.17. The molecule has 1 aromatic heterocycles. The Morgan fingerprint density at radius 3 is 2.83 bits per heavy atom. The molecule has 1 amide bonds. The number of carbonyl (C=O) groups excluding carboxylic acids is 1. The molecule has 6 heteroatoms. The Morgan fingerprint density at radius 2 is 2.28 bits per heavy atom. The van der Waals surface area contributed by atoms with Gasteiger partial charge in [0.25, 0.3) is 5.56 Å². The lowest BCUT2D eigenvalue weighted by molar-refractivity contribution is -0.118. The highest BCUT2D eigenvalue weighted by Crippen LogP contribution is 2.37. The largest absolute Gasteiger partial charge is 0.370 e. The first-order valence-electron chi connectivity index (χ1n) is 6.03. The second-order valence-electron chi connectivity index (χ2n) is 5.44. The number of carbonyl (C=O) groups is 1. The van der Waals surface area contributed by atoms with Gasteiger partial charge in [0.2, 0.25) is 5.91 Å². The zero-order valence-electron chi connectivity index (χ0n) is 10.6. The molecule has 6 nitrogen and oxygen atoms in total. The third kappa shape index (κ3) is 3.32. The zero-order valence-corrected chi connectivity index (χ0v) is 10.6. The first kappa shape index (κ1) is 12.6. The smallest absolute Gasteiger partial charge is 0.252 e. The first-order valence-corrected chi connectivity index (χ1v) is 6.03. The molecular formula is C12H18N4O2.